The van der Waals surface area contributed by atoms with Crippen molar-refractivity contribution in [3.8, 4) is 0 Å². The Bertz CT molecular complexity index is 644. The van der Waals surface area contributed by atoms with E-state index >= 15 is 0 Å². The number of aromatic nitrogens is 1. The number of hydrogen-bond acceptors (Lipinski definition) is 6. The fourth-order valence-electron chi connectivity index (χ4n) is 1.87. The quantitative estimate of drug-likeness (QED) is 0.581. The number of carbonyl (C=O) groups excluding carboxylic acids is 1. The average Bonchev–Trinajstić information content (AvgIpc) is 2.71. The van der Waals surface area contributed by atoms with Crippen LogP contribution in [0.2, 0.25) is 0 Å². The molecule has 1 aliphatic heterocycles. The molecule has 102 valence electrons. The smallest absolute Gasteiger partial charge is 0.358 e. The summed E-state index contributed by atoms with van der Waals surface area (Å²) in [6.07, 6.45) is 0.935. The van der Waals surface area contributed by atoms with Crippen molar-refractivity contribution in [1.82, 2.24) is 4.98 Å². The Hall–Kier alpha value is -2.07. The van der Waals surface area contributed by atoms with E-state index < -0.39 is 31.9 Å². The zero-order valence-electron chi connectivity index (χ0n) is 9.59. The van der Waals surface area contributed by atoms with Crippen molar-refractivity contribution in [2.75, 3.05) is 11.4 Å². The minimum Gasteiger partial charge on any atom is -0.358 e. The summed E-state index contributed by atoms with van der Waals surface area (Å²) < 4.78 is 22.4. The van der Waals surface area contributed by atoms with Gasteiger partial charge in [0.25, 0.3) is 0 Å². The van der Waals surface area contributed by atoms with Crippen LogP contribution < -0.4 is 10.0 Å². The third-order valence-electron chi connectivity index (χ3n) is 2.78. The summed E-state index contributed by atoms with van der Waals surface area (Å²) in [5.41, 5.74) is -0.0244. The first kappa shape index (κ1) is 13.4. The van der Waals surface area contributed by atoms with Gasteiger partial charge in [0.1, 0.15) is 17.1 Å². The van der Waals surface area contributed by atoms with E-state index in [0.717, 1.165) is 4.90 Å². The topological polar surface area (TPSA) is 136 Å². The molecule has 0 spiro atoms. The van der Waals surface area contributed by atoms with Gasteiger partial charge in [-0.25, -0.2) is 13.6 Å². The molecule has 0 aromatic carbocycles. The molecule has 1 amide bonds. The second kappa shape index (κ2) is 4.55. The normalized spacial score (nSPS) is 19.7. The minimum atomic E-state index is -3.86. The van der Waals surface area contributed by atoms with Crippen molar-refractivity contribution in [3.63, 3.8) is 0 Å². The second-order valence-electron chi connectivity index (χ2n) is 4.02. The fourth-order valence-corrected chi connectivity index (χ4v) is 2.60. The van der Waals surface area contributed by atoms with Gasteiger partial charge >= 0.3 is 5.82 Å². The molecule has 1 atom stereocenters. The van der Waals surface area contributed by atoms with E-state index in [4.69, 9.17) is 5.14 Å². The van der Waals surface area contributed by atoms with Gasteiger partial charge in [0, 0.05) is 13.0 Å². The largest absolute Gasteiger partial charge is 0.387 e. The first-order valence-corrected chi connectivity index (χ1v) is 6.83. The van der Waals surface area contributed by atoms with Crippen LogP contribution in [0.5, 0.6) is 0 Å². The lowest BCUT2D eigenvalue weighted by molar-refractivity contribution is -0.388. The molecule has 1 aromatic heterocycles. The number of sulfonamides is 1. The van der Waals surface area contributed by atoms with Crippen molar-refractivity contribution in [3.05, 3.63) is 28.4 Å². The van der Waals surface area contributed by atoms with Crippen LogP contribution in [0.4, 0.5) is 11.5 Å². The fraction of sp³-hybridized carbons (Fsp3) is 0.333. The van der Waals surface area contributed by atoms with Gasteiger partial charge in [-0.15, -0.1) is 0 Å². The van der Waals surface area contributed by atoms with Crippen molar-refractivity contribution in [2.45, 2.75) is 11.7 Å². The maximum absolute atomic E-state index is 11.8. The van der Waals surface area contributed by atoms with Crippen LogP contribution in [-0.4, -0.2) is 36.0 Å². The zero-order chi connectivity index (χ0) is 14.2. The van der Waals surface area contributed by atoms with Gasteiger partial charge in [-0.05, 0) is 22.0 Å². The number of nitrogens with zero attached hydrogens (tertiary/aromatic N) is 3. The summed E-state index contributed by atoms with van der Waals surface area (Å²) in [5, 5.41) is 14.8. The predicted octanol–water partition coefficient (Wildman–Crippen LogP) is -0.616. The van der Waals surface area contributed by atoms with Gasteiger partial charge in [-0.3, -0.25) is 4.79 Å². The van der Waals surface area contributed by atoms with E-state index in [1.807, 2.05) is 0 Å². The first-order chi connectivity index (χ1) is 8.80. The highest BCUT2D eigenvalue weighted by molar-refractivity contribution is 7.89. The van der Waals surface area contributed by atoms with Gasteiger partial charge in [-0.2, -0.15) is 0 Å². The van der Waals surface area contributed by atoms with E-state index in [-0.39, 0.29) is 18.7 Å². The van der Waals surface area contributed by atoms with E-state index in [0.29, 0.717) is 0 Å². The van der Waals surface area contributed by atoms with Crippen LogP contribution in [0, 0.1) is 10.1 Å². The monoisotopic (exact) mass is 286 g/mol. The molecule has 2 N–H and O–H groups in total. The van der Waals surface area contributed by atoms with Gasteiger partial charge in [0.15, 0.2) is 0 Å². The van der Waals surface area contributed by atoms with E-state index in [9.17, 15) is 23.3 Å². The number of anilines is 1. The number of hydrogen-bond donors (Lipinski definition) is 1. The SMILES string of the molecule is NS(=O)(=O)C1CC(=O)N(c2cccnc2[N+](=O)[O-])C1. The second-order valence-corrected chi connectivity index (χ2v) is 5.87. The van der Waals surface area contributed by atoms with Gasteiger partial charge in [0.2, 0.25) is 15.9 Å². The molecule has 0 saturated carbocycles. The van der Waals surface area contributed by atoms with E-state index in [1.165, 1.54) is 18.3 Å². The molecule has 1 saturated heterocycles. The summed E-state index contributed by atoms with van der Waals surface area (Å²) in [4.78, 5) is 26.5. The van der Waals surface area contributed by atoms with Crippen LogP contribution in [0.1, 0.15) is 6.42 Å². The number of nitrogens with two attached hydrogens (primary N) is 1. The third-order valence-corrected chi connectivity index (χ3v) is 4.03. The highest BCUT2D eigenvalue weighted by Gasteiger charge is 2.39. The lowest BCUT2D eigenvalue weighted by Crippen LogP contribution is -2.32. The molecule has 1 unspecified atom stereocenters. The molecule has 2 heterocycles. The van der Waals surface area contributed by atoms with Crippen LogP contribution in [0.25, 0.3) is 0 Å². The van der Waals surface area contributed by atoms with Crippen molar-refractivity contribution in [1.29, 1.82) is 0 Å². The molecule has 10 heteroatoms. The Morgan fingerprint density at radius 1 is 1.53 bits per heavy atom. The van der Waals surface area contributed by atoms with Crippen LogP contribution in [0.3, 0.4) is 0 Å². The molecule has 0 aliphatic carbocycles. The van der Waals surface area contributed by atoms with Crippen molar-refractivity contribution in [2.24, 2.45) is 5.14 Å². The van der Waals surface area contributed by atoms with Gasteiger partial charge in [0.05, 0.1) is 0 Å². The van der Waals surface area contributed by atoms with Crippen molar-refractivity contribution < 1.29 is 18.1 Å². The predicted molar refractivity (Wildman–Crippen MR) is 64.8 cm³/mol. The Labute approximate surface area is 108 Å². The lowest BCUT2D eigenvalue weighted by Gasteiger charge is -2.15. The Balaban J connectivity index is 2.39. The zero-order valence-corrected chi connectivity index (χ0v) is 10.4. The maximum Gasteiger partial charge on any atom is 0.387 e. The first-order valence-electron chi connectivity index (χ1n) is 5.22. The van der Waals surface area contributed by atoms with E-state index in [1.54, 1.807) is 0 Å². The summed E-state index contributed by atoms with van der Waals surface area (Å²) in [6.45, 7) is -0.204. The summed E-state index contributed by atoms with van der Waals surface area (Å²) >= 11 is 0. The lowest BCUT2D eigenvalue weighted by atomic mass is 10.3. The number of rotatable bonds is 3. The number of amides is 1. The van der Waals surface area contributed by atoms with Gasteiger partial charge < -0.3 is 15.0 Å². The molecular formula is C9H10N4O5S. The van der Waals surface area contributed by atoms with E-state index in [2.05, 4.69) is 4.98 Å². The molecule has 1 aliphatic rings. The highest BCUT2D eigenvalue weighted by atomic mass is 32.2. The minimum absolute atomic E-state index is 0.0244. The summed E-state index contributed by atoms with van der Waals surface area (Å²) in [5.74, 6) is -1.03. The molecule has 9 nitrogen and oxygen atoms in total. The maximum atomic E-state index is 11.8. The summed E-state index contributed by atoms with van der Waals surface area (Å²) in [6, 6.07) is 2.77. The number of carbonyl (C=O) groups is 1. The van der Waals surface area contributed by atoms with Crippen LogP contribution in [0.15, 0.2) is 18.3 Å². The number of primary sulfonamides is 1. The molecule has 1 fully saturated rings. The number of pyridine rings is 1. The van der Waals surface area contributed by atoms with Crippen LogP contribution in [-0.2, 0) is 14.8 Å². The average molecular weight is 286 g/mol. The molecule has 0 bridgehead atoms. The molecular weight excluding hydrogens is 276 g/mol. The molecule has 19 heavy (non-hydrogen) atoms. The molecule has 0 radical (unpaired) electrons. The van der Waals surface area contributed by atoms with Gasteiger partial charge in [-0.1, -0.05) is 0 Å². The molecule has 2 rings (SSSR count). The van der Waals surface area contributed by atoms with Crippen LogP contribution >= 0.6 is 0 Å². The number of nitro groups is 1. The Morgan fingerprint density at radius 3 is 2.74 bits per heavy atom. The standard InChI is InChI=1S/C9H10N4O5S/c10-19(17,18)6-4-8(14)12(5-6)7-2-1-3-11-9(7)13(15)16/h1-3,6H,4-5H2,(H2,10,17,18). The Kier molecular flexibility index (Phi) is 3.20. The third kappa shape index (κ3) is 2.53. The molecule has 1 aromatic rings. The Morgan fingerprint density at radius 2 is 2.21 bits per heavy atom. The highest BCUT2D eigenvalue weighted by Crippen LogP contribution is 2.30. The summed E-state index contributed by atoms with van der Waals surface area (Å²) in [7, 11) is -3.86. The van der Waals surface area contributed by atoms with Crippen molar-refractivity contribution >= 4 is 27.4 Å².